The zero-order chi connectivity index (χ0) is 18.5. The van der Waals surface area contributed by atoms with Gasteiger partial charge in [-0.15, -0.1) is 0 Å². The molecule has 1 aromatic rings. The second kappa shape index (κ2) is 8.47. The molecule has 5 heteroatoms. The highest BCUT2D eigenvalue weighted by Gasteiger charge is 2.42. The minimum absolute atomic E-state index is 0.143. The summed E-state index contributed by atoms with van der Waals surface area (Å²) in [6.45, 7) is 2.50. The van der Waals surface area contributed by atoms with Crippen LogP contribution < -0.4 is 0 Å². The van der Waals surface area contributed by atoms with Gasteiger partial charge in [-0.25, -0.2) is 5.01 Å². The SMILES string of the molecule is CCCCCCCCC1CCC(=O)N(N2Cc3ccccc3C2=O)C1=O. The molecule has 1 atom stereocenters. The molecule has 2 heterocycles. The first-order chi connectivity index (χ1) is 12.6. The van der Waals surface area contributed by atoms with Crippen molar-refractivity contribution in [3.05, 3.63) is 35.4 Å². The van der Waals surface area contributed by atoms with Crippen LogP contribution in [-0.2, 0) is 16.1 Å². The average molecular weight is 356 g/mol. The van der Waals surface area contributed by atoms with Gasteiger partial charge in [0.2, 0.25) is 5.91 Å². The van der Waals surface area contributed by atoms with Crippen LogP contribution in [0.2, 0.25) is 0 Å². The minimum Gasteiger partial charge on any atom is -0.273 e. The van der Waals surface area contributed by atoms with E-state index < -0.39 is 0 Å². The number of hydrogen-bond acceptors (Lipinski definition) is 3. The van der Waals surface area contributed by atoms with Crippen molar-refractivity contribution < 1.29 is 14.4 Å². The van der Waals surface area contributed by atoms with E-state index in [1.165, 1.54) is 30.7 Å². The molecule has 140 valence electrons. The molecule has 1 unspecified atom stereocenters. The predicted molar refractivity (Wildman–Crippen MR) is 98.9 cm³/mol. The highest BCUT2D eigenvalue weighted by molar-refractivity contribution is 6.05. The number of carbonyl (C=O) groups is 3. The molecular weight excluding hydrogens is 328 g/mol. The zero-order valence-electron chi connectivity index (χ0n) is 15.6. The quantitative estimate of drug-likeness (QED) is 0.521. The third kappa shape index (κ3) is 3.81. The van der Waals surface area contributed by atoms with Gasteiger partial charge >= 0.3 is 0 Å². The van der Waals surface area contributed by atoms with Crippen molar-refractivity contribution in [3.63, 3.8) is 0 Å². The number of imide groups is 1. The Morgan fingerprint density at radius 2 is 1.73 bits per heavy atom. The number of hydrazine groups is 1. The van der Waals surface area contributed by atoms with Crippen molar-refractivity contribution in [1.82, 2.24) is 10.0 Å². The molecule has 0 N–H and O–H groups in total. The van der Waals surface area contributed by atoms with E-state index in [1.807, 2.05) is 12.1 Å². The highest BCUT2D eigenvalue weighted by Crippen LogP contribution is 2.30. The fourth-order valence-corrected chi connectivity index (χ4v) is 3.92. The maximum Gasteiger partial charge on any atom is 0.273 e. The Morgan fingerprint density at radius 1 is 1.00 bits per heavy atom. The molecule has 5 nitrogen and oxygen atoms in total. The third-order valence-corrected chi connectivity index (χ3v) is 5.45. The summed E-state index contributed by atoms with van der Waals surface area (Å²) in [6, 6.07) is 7.31. The lowest BCUT2D eigenvalue weighted by Gasteiger charge is -2.36. The average Bonchev–Trinajstić information content (AvgIpc) is 2.97. The first-order valence-electron chi connectivity index (χ1n) is 9.90. The number of fused-ring (bicyclic) bond motifs is 1. The fraction of sp³-hybridized carbons (Fsp3) is 0.571. The monoisotopic (exact) mass is 356 g/mol. The van der Waals surface area contributed by atoms with Gasteiger partial charge in [0.25, 0.3) is 11.8 Å². The molecule has 1 fully saturated rings. The van der Waals surface area contributed by atoms with Crippen LogP contribution in [0, 0.1) is 5.92 Å². The molecule has 1 saturated heterocycles. The van der Waals surface area contributed by atoms with E-state index >= 15 is 0 Å². The van der Waals surface area contributed by atoms with Crippen molar-refractivity contribution in [1.29, 1.82) is 0 Å². The van der Waals surface area contributed by atoms with Crippen LogP contribution in [0.15, 0.2) is 24.3 Å². The number of unbranched alkanes of at least 4 members (excludes halogenated alkanes) is 5. The zero-order valence-corrected chi connectivity index (χ0v) is 15.6. The van der Waals surface area contributed by atoms with Crippen LogP contribution >= 0.6 is 0 Å². The predicted octanol–water partition coefficient (Wildman–Crippen LogP) is 4.07. The Hall–Kier alpha value is -2.17. The van der Waals surface area contributed by atoms with Gasteiger partial charge in [-0.2, -0.15) is 5.01 Å². The largest absolute Gasteiger partial charge is 0.273 e. The lowest BCUT2D eigenvalue weighted by molar-refractivity contribution is -0.168. The molecule has 0 radical (unpaired) electrons. The van der Waals surface area contributed by atoms with Gasteiger partial charge in [-0.05, 0) is 24.5 Å². The number of benzene rings is 1. The van der Waals surface area contributed by atoms with Crippen LogP contribution in [0.4, 0.5) is 0 Å². The standard InChI is InChI=1S/C21H28N2O3/c1-2-3-4-5-6-7-10-16-13-14-19(24)23(20(16)25)22-15-17-11-8-9-12-18(17)21(22)26/h8-9,11-12,16H,2-7,10,13-15H2,1H3. The molecule has 2 aliphatic heterocycles. The van der Waals surface area contributed by atoms with E-state index in [2.05, 4.69) is 6.92 Å². The lowest BCUT2D eigenvalue weighted by Crippen LogP contribution is -2.54. The maximum atomic E-state index is 12.9. The number of carbonyl (C=O) groups excluding carboxylic acids is 3. The van der Waals surface area contributed by atoms with Gasteiger partial charge in [-0.3, -0.25) is 14.4 Å². The maximum absolute atomic E-state index is 12.9. The number of piperidine rings is 1. The van der Waals surface area contributed by atoms with Crippen molar-refractivity contribution in [2.45, 2.75) is 71.3 Å². The van der Waals surface area contributed by atoms with Crippen LogP contribution in [0.3, 0.4) is 0 Å². The number of nitrogens with zero attached hydrogens (tertiary/aromatic N) is 2. The van der Waals surface area contributed by atoms with Crippen molar-refractivity contribution in [2.75, 3.05) is 0 Å². The highest BCUT2D eigenvalue weighted by atomic mass is 16.2. The van der Waals surface area contributed by atoms with Gasteiger partial charge < -0.3 is 0 Å². The molecule has 0 aromatic heterocycles. The Morgan fingerprint density at radius 3 is 2.50 bits per heavy atom. The molecular formula is C21H28N2O3. The first-order valence-corrected chi connectivity index (χ1v) is 9.90. The summed E-state index contributed by atoms with van der Waals surface area (Å²) < 4.78 is 0. The molecule has 2 aliphatic rings. The van der Waals surface area contributed by atoms with E-state index in [0.29, 0.717) is 24.9 Å². The van der Waals surface area contributed by atoms with Gasteiger partial charge in [0.1, 0.15) is 0 Å². The topological polar surface area (TPSA) is 57.7 Å². The molecule has 26 heavy (non-hydrogen) atoms. The first kappa shape index (κ1) is 18.6. The Labute approximate surface area is 155 Å². The van der Waals surface area contributed by atoms with Gasteiger partial charge in [0.05, 0.1) is 6.54 Å². The molecule has 3 rings (SSSR count). The van der Waals surface area contributed by atoms with E-state index in [1.54, 1.807) is 12.1 Å². The summed E-state index contributed by atoms with van der Waals surface area (Å²) in [5.41, 5.74) is 1.46. The third-order valence-electron chi connectivity index (χ3n) is 5.45. The fourth-order valence-electron chi connectivity index (χ4n) is 3.92. The molecule has 3 amide bonds. The summed E-state index contributed by atoms with van der Waals surface area (Å²) in [4.78, 5) is 37.9. The summed E-state index contributed by atoms with van der Waals surface area (Å²) in [6.07, 6.45) is 8.85. The Bertz CT molecular complexity index is 686. The number of rotatable bonds is 8. The Balaban J connectivity index is 1.60. The Kier molecular flexibility index (Phi) is 6.07. The van der Waals surface area contributed by atoms with Gasteiger partial charge in [0, 0.05) is 17.9 Å². The van der Waals surface area contributed by atoms with Gasteiger partial charge in [0.15, 0.2) is 0 Å². The van der Waals surface area contributed by atoms with Crippen LogP contribution in [0.25, 0.3) is 0 Å². The van der Waals surface area contributed by atoms with Crippen LogP contribution in [-0.4, -0.2) is 27.7 Å². The number of amides is 3. The summed E-state index contributed by atoms with van der Waals surface area (Å²) in [5, 5.41) is 2.47. The molecule has 0 bridgehead atoms. The minimum atomic E-state index is -0.254. The van der Waals surface area contributed by atoms with Crippen molar-refractivity contribution in [2.24, 2.45) is 5.92 Å². The molecule has 1 aromatic carbocycles. The second-order valence-electron chi connectivity index (χ2n) is 7.36. The van der Waals surface area contributed by atoms with Gasteiger partial charge in [-0.1, -0.05) is 63.6 Å². The van der Waals surface area contributed by atoms with Crippen molar-refractivity contribution in [3.8, 4) is 0 Å². The summed E-state index contributed by atoms with van der Waals surface area (Å²) in [5.74, 6) is -0.843. The van der Waals surface area contributed by atoms with Crippen LogP contribution in [0.5, 0.6) is 0 Å². The van der Waals surface area contributed by atoms with Crippen LogP contribution in [0.1, 0.15) is 80.6 Å². The van der Waals surface area contributed by atoms with Crippen molar-refractivity contribution >= 4 is 17.7 Å². The summed E-state index contributed by atoms with van der Waals surface area (Å²) in [7, 11) is 0. The molecule has 0 saturated carbocycles. The van der Waals surface area contributed by atoms with E-state index in [4.69, 9.17) is 0 Å². The van der Waals surface area contributed by atoms with E-state index in [0.717, 1.165) is 29.8 Å². The normalized spacial score (nSPS) is 20.0. The van der Waals surface area contributed by atoms with E-state index in [-0.39, 0.29) is 23.6 Å². The lowest BCUT2D eigenvalue weighted by atomic mass is 9.91. The van der Waals surface area contributed by atoms with E-state index in [9.17, 15) is 14.4 Å². The second-order valence-corrected chi connectivity index (χ2v) is 7.36. The molecule has 0 aliphatic carbocycles. The summed E-state index contributed by atoms with van der Waals surface area (Å²) >= 11 is 0. The molecule has 0 spiro atoms. The smallest absolute Gasteiger partial charge is 0.273 e. The number of hydrogen-bond donors (Lipinski definition) is 0.